The summed E-state index contributed by atoms with van der Waals surface area (Å²) in [6, 6.07) is 14.1. The third-order valence-electron chi connectivity index (χ3n) is 8.58. The van der Waals surface area contributed by atoms with Crippen LogP contribution in [0.1, 0.15) is 17.5 Å². The van der Waals surface area contributed by atoms with Crippen molar-refractivity contribution in [3.63, 3.8) is 0 Å². The molecule has 3 unspecified atom stereocenters. The molecule has 3 saturated heterocycles. The fourth-order valence-electron chi connectivity index (χ4n) is 7.08. The summed E-state index contributed by atoms with van der Waals surface area (Å²) in [7, 11) is 0. The largest absolute Gasteiger partial charge is 0.395 e. The van der Waals surface area contributed by atoms with Crippen LogP contribution in [-0.2, 0) is 19.1 Å². The lowest BCUT2D eigenvalue weighted by molar-refractivity contribution is -0.141. The average molecular weight is 623 g/mol. The SMILES string of the molecule is C=CCN(C(=O)[C@H]1[C@H]2C(=O)N(CCO)C(C(=O)N(CC=C)c3c(C)cccc3C)C23CC(Br)[C@@H]1O3)c1ccccc1. The van der Waals surface area contributed by atoms with E-state index in [4.69, 9.17) is 4.74 Å². The number of ether oxygens (including phenoxy) is 1. The quantitative estimate of drug-likeness (QED) is 0.322. The average Bonchev–Trinajstić information content (AvgIpc) is 3.54. The lowest BCUT2D eigenvalue weighted by Gasteiger charge is -2.38. The predicted octanol–water partition coefficient (Wildman–Crippen LogP) is 3.78. The molecule has 8 nitrogen and oxygen atoms in total. The molecule has 0 radical (unpaired) electrons. The number of hydrogen-bond acceptors (Lipinski definition) is 5. The van der Waals surface area contributed by atoms with Gasteiger partial charge in [0.05, 0.1) is 24.5 Å². The standard InChI is InChI=1S/C32H36BrN3O5/c1-5-15-34(22-13-8-7-9-14-22)29(38)24-25-30(39)36(17-18-37)28(32(25)19-23(33)27(24)41-32)31(40)35(16-6-2)26-20(3)11-10-12-21(26)4/h5-14,23-25,27-28,37H,1-2,15-19H2,3-4H3/t23?,24-,25-,27-,28?,32?/m0/s1. The number of hydrogen-bond donors (Lipinski definition) is 1. The molecule has 41 heavy (non-hydrogen) atoms. The van der Waals surface area contributed by atoms with Crippen LogP contribution in [0.15, 0.2) is 73.8 Å². The second kappa shape index (κ2) is 11.5. The van der Waals surface area contributed by atoms with Crippen molar-refractivity contribution in [2.75, 3.05) is 36.0 Å². The maximum atomic E-state index is 14.6. The fraction of sp³-hybridized carbons (Fsp3) is 0.406. The Morgan fingerprint density at radius 1 is 1.05 bits per heavy atom. The van der Waals surface area contributed by atoms with Crippen molar-refractivity contribution in [3.8, 4) is 0 Å². The molecule has 0 aromatic heterocycles. The van der Waals surface area contributed by atoms with Gasteiger partial charge in [0.1, 0.15) is 11.6 Å². The van der Waals surface area contributed by atoms with Gasteiger partial charge in [0, 0.05) is 35.8 Å². The van der Waals surface area contributed by atoms with E-state index in [2.05, 4.69) is 29.1 Å². The van der Waals surface area contributed by atoms with E-state index in [1.165, 1.54) is 4.90 Å². The minimum atomic E-state index is -1.23. The summed E-state index contributed by atoms with van der Waals surface area (Å²) in [5, 5.41) is 9.98. The molecule has 2 bridgehead atoms. The van der Waals surface area contributed by atoms with Gasteiger partial charge in [0.25, 0.3) is 5.91 Å². The Morgan fingerprint density at radius 3 is 2.29 bits per heavy atom. The highest BCUT2D eigenvalue weighted by Crippen LogP contribution is 2.60. The molecular formula is C32H36BrN3O5. The summed E-state index contributed by atoms with van der Waals surface area (Å²) in [6.45, 7) is 11.7. The van der Waals surface area contributed by atoms with Gasteiger partial charge in [0.2, 0.25) is 11.8 Å². The number of aliphatic hydroxyl groups excluding tert-OH is 1. The second-order valence-corrected chi connectivity index (χ2v) is 12.1. The molecule has 9 heteroatoms. The molecule has 3 fully saturated rings. The first kappa shape index (κ1) is 29.2. The zero-order valence-electron chi connectivity index (χ0n) is 23.4. The zero-order valence-corrected chi connectivity index (χ0v) is 25.0. The van der Waals surface area contributed by atoms with E-state index in [-0.39, 0.29) is 48.8 Å². The molecular weight excluding hydrogens is 586 g/mol. The monoisotopic (exact) mass is 621 g/mol. The van der Waals surface area contributed by atoms with Crippen LogP contribution in [0.3, 0.4) is 0 Å². The molecule has 2 aromatic rings. The van der Waals surface area contributed by atoms with E-state index in [0.29, 0.717) is 12.1 Å². The number of fused-ring (bicyclic) bond motifs is 1. The van der Waals surface area contributed by atoms with Gasteiger partial charge in [-0.2, -0.15) is 0 Å². The Morgan fingerprint density at radius 2 is 1.68 bits per heavy atom. The summed E-state index contributed by atoms with van der Waals surface area (Å²) in [5.74, 6) is -2.59. The number of anilines is 2. The zero-order chi connectivity index (χ0) is 29.5. The van der Waals surface area contributed by atoms with Gasteiger partial charge in [-0.15, -0.1) is 13.2 Å². The van der Waals surface area contributed by atoms with Crippen LogP contribution in [-0.4, -0.2) is 76.5 Å². The van der Waals surface area contributed by atoms with Gasteiger partial charge in [0.15, 0.2) is 0 Å². The maximum absolute atomic E-state index is 14.6. The normalized spacial score (nSPS) is 28.0. The molecule has 2 aromatic carbocycles. The smallest absolute Gasteiger partial charge is 0.253 e. The van der Waals surface area contributed by atoms with Gasteiger partial charge in [-0.25, -0.2) is 0 Å². The van der Waals surface area contributed by atoms with Crippen molar-refractivity contribution in [3.05, 3.63) is 85.0 Å². The van der Waals surface area contributed by atoms with Crippen molar-refractivity contribution >= 4 is 45.0 Å². The summed E-state index contributed by atoms with van der Waals surface area (Å²) in [4.78, 5) is 47.6. The lowest BCUT2D eigenvalue weighted by atomic mass is 9.70. The van der Waals surface area contributed by atoms with Crippen molar-refractivity contribution in [2.24, 2.45) is 11.8 Å². The Hall–Kier alpha value is -3.27. The third-order valence-corrected chi connectivity index (χ3v) is 9.43. The van der Waals surface area contributed by atoms with Crippen molar-refractivity contribution < 1.29 is 24.2 Å². The molecule has 3 heterocycles. The Labute approximate surface area is 249 Å². The summed E-state index contributed by atoms with van der Waals surface area (Å²) >= 11 is 3.73. The number of rotatable bonds is 10. The van der Waals surface area contributed by atoms with Crippen LogP contribution in [0.4, 0.5) is 11.4 Å². The molecule has 6 atom stereocenters. The summed E-state index contributed by atoms with van der Waals surface area (Å²) in [6.07, 6.45) is 3.11. The maximum Gasteiger partial charge on any atom is 0.253 e. The minimum Gasteiger partial charge on any atom is -0.395 e. The molecule has 1 spiro atoms. The van der Waals surface area contributed by atoms with Crippen LogP contribution in [0, 0.1) is 25.7 Å². The molecule has 5 rings (SSSR count). The van der Waals surface area contributed by atoms with Gasteiger partial charge in [-0.1, -0.05) is 64.5 Å². The molecule has 1 N–H and O–H groups in total. The van der Waals surface area contributed by atoms with E-state index in [1.807, 2.05) is 62.4 Å². The number of β-amino-alcohol motifs (C(OH)–C–C–N with tert-alkyl or cyclic N) is 1. The number of carbonyl (C=O) groups is 3. The fourth-order valence-corrected chi connectivity index (χ4v) is 8.02. The molecule has 0 saturated carbocycles. The lowest BCUT2D eigenvalue weighted by Crippen LogP contribution is -2.57. The summed E-state index contributed by atoms with van der Waals surface area (Å²) < 4.78 is 6.66. The predicted molar refractivity (Wildman–Crippen MR) is 162 cm³/mol. The molecule has 216 valence electrons. The Bertz CT molecular complexity index is 1350. The number of benzene rings is 2. The van der Waals surface area contributed by atoms with Gasteiger partial charge >= 0.3 is 0 Å². The molecule has 3 aliphatic heterocycles. The van der Waals surface area contributed by atoms with Gasteiger partial charge < -0.3 is 24.5 Å². The van der Waals surface area contributed by atoms with Crippen LogP contribution < -0.4 is 9.80 Å². The van der Waals surface area contributed by atoms with Crippen molar-refractivity contribution in [1.29, 1.82) is 0 Å². The first-order chi connectivity index (χ1) is 19.7. The topological polar surface area (TPSA) is 90.4 Å². The van der Waals surface area contributed by atoms with E-state index in [0.717, 1.165) is 16.8 Å². The summed E-state index contributed by atoms with van der Waals surface area (Å²) in [5.41, 5.74) is 2.05. The first-order valence-electron chi connectivity index (χ1n) is 13.9. The molecule has 3 aliphatic rings. The number of para-hydroxylation sites is 2. The van der Waals surface area contributed by atoms with E-state index >= 15 is 0 Å². The van der Waals surface area contributed by atoms with Gasteiger partial charge in [-0.3, -0.25) is 14.4 Å². The van der Waals surface area contributed by atoms with Crippen LogP contribution >= 0.6 is 15.9 Å². The Kier molecular flexibility index (Phi) is 8.23. The molecule has 0 aliphatic carbocycles. The highest BCUT2D eigenvalue weighted by Gasteiger charge is 2.77. The van der Waals surface area contributed by atoms with Gasteiger partial charge in [-0.05, 0) is 43.5 Å². The number of likely N-dealkylation sites (tertiary alicyclic amines) is 1. The Balaban J connectivity index is 1.60. The number of alkyl halides is 1. The first-order valence-corrected chi connectivity index (χ1v) is 14.8. The number of aliphatic hydroxyl groups is 1. The number of halogens is 1. The highest BCUT2D eigenvalue weighted by atomic mass is 79.9. The van der Waals surface area contributed by atoms with Crippen LogP contribution in [0.2, 0.25) is 0 Å². The third kappa shape index (κ3) is 4.64. The number of nitrogens with zero attached hydrogens (tertiary/aromatic N) is 3. The molecule has 3 amide bonds. The van der Waals surface area contributed by atoms with E-state index in [9.17, 15) is 19.5 Å². The number of carbonyl (C=O) groups excluding carboxylic acids is 3. The van der Waals surface area contributed by atoms with Crippen molar-refractivity contribution in [2.45, 2.75) is 42.8 Å². The van der Waals surface area contributed by atoms with E-state index < -0.39 is 29.6 Å². The van der Waals surface area contributed by atoms with Crippen LogP contribution in [0.5, 0.6) is 0 Å². The second-order valence-electron chi connectivity index (χ2n) is 11.0. The number of aryl methyl sites for hydroxylation is 2. The van der Waals surface area contributed by atoms with E-state index in [1.54, 1.807) is 22.0 Å². The number of amides is 3. The minimum absolute atomic E-state index is 0.0425. The van der Waals surface area contributed by atoms with Crippen LogP contribution in [0.25, 0.3) is 0 Å². The highest BCUT2D eigenvalue weighted by molar-refractivity contribution is 9.09. The van der Waals surface area contributed by atoms with Crippen molar-refractivity contribution in [1.82, 2.24) is 4.90 Å².